The third-order valence-electron chi connectivity index (χ3n) is 3.57. The molecule has 0 spiro atoms. The Labute approximate surface area is 107 Å². The van der Waals surface area contributed by atoms with Gasteiger partial charge in [0.05, 0.1) is 12.0 Å². The first-order chi connectivity index (χ1) is 8.00. The second-order valence-electron chi connectivity index (χ2n) is 4.73. The van der Waals surface area contributed by atoms with Crippen LogP contribution in [0.2, 0.25) is 0 Å². The molecule has 0 saturated carbocycles. The quantitative estimate of drug-likeness (QED) is 0.757. The number of β-amino-alcohol motifs (C(OH)–C–C–N with tert-alkyl or cyclic N) is 1. The second-order valence-corrected chi connectivity index (χ2v) is 5.88. The standard InChI is InChI=1S/C12H23NO3S/c1-3-12(16,4-2)9-13-5-6-17-8-10(13)7-11(14)15/h10,16H,3-9H2,1-2H3,(H,14,15). The van der Waals surface area contributed by atoms with Crippen LogP contribution in [-0.2, 0) is 4.79 Å². The van der Waals surface area contributed by atoms with Crippen LogP contribution in [-0.4, -0.2) is 57.3 Å². The molecule has 1 unspecified atom stereocenters. The van der Waals surface area contributed by atoms with Crippen molar-refractivity contribution in [3.63, 3.8) is 0 Å². The molecule has 2 N–H and O–H groups in total. The largest absolute Gasteiger partial charge is 0.481 e. The number of hydrogen-bond acceptors (Lipinski definition) is 4. The maximum atomic E-state index is 10.8. The summed E-state index contributed by atoms with van der Waals surface area (Å²) in [4.78, 5) is 13.0. The first kappa shape index (κ1) is 14.8. The molecule has 0 aliphatic carbocycles. The van der Waals surface area contributed by atoms with Crippen LogP contribution in [0.1, 0.15) is 33.1 Å². The molecule has 1 rings (SSSR count). The molecule has 0 bridgehead atoms. The number of aliphatic hydroxyl groups is 1. The maximum Gasteiger partial charge on any atom is 0.304 e. The van der Waals surface area contributed by atoms with Crippen LogP contribution in [0.3, 0.4) is 0 Å². The van der Waals surface area contributed by atoms with Crippen molar-refractivity contribution < 1.29 is 15.0 Å². The highest BCUT2D eigenvalue weighted by molar-refractivity contribution is 7.99. The van der Waals surface area contributed by atoms with Crippen molar-refractivity contribution in [3.05, 3.63) is 0 Å². The summed E-state index contributed by atoms with van der Waals surface area (Å²) in [6, 6.07) is 0.0656. The molecule has 0 radical (unpaired) electrons. The SMILES string of the molecule is CCC(O)(CC)CN1CCSCC1CC(=O)O. The van der Waals surface area contributed by atoms with Crippen molar-refractivity contribution in [2.24, 2.45) is 0 Å². The highest BCUT2D eigenvalue weighted by Crippen LogP contribution is 2.24. The lowest BCUT2D eigenvalue weighted by Gasteiger charge is -2.40. The van der Waals surface area contributed by atoms with Gasteiger partial charge in [-0.25, -0.2) is 0 Å². The van der Waals surface area contributed by atoms with Crippen LogP contribution >= 0.6 is 11.8 Å². The number of carboxylic acids is 1. The molecule has 1 fully saturated rings. The molecule has 17 heavy (non-hydrogen) atoms. The minimum absolute atomic E-state index is 0.0656. The van der Waals surface area contributed by atoms with Gasteiger partial charge in [0.1, 0.15) is 0 Å². The predicted octanol–water partition coefficient (Wildman–Crippen LogP) is 1.43. The fourth-order valence-corrected chi connectivity index (χ4v) is 3.27. The normalized spacial score (nSPS) is 22.6. The summed E-state index contributed by atoms with van der Waals surface area (Å²) in [7, 11) is 0. The molecular formula is C12H23NO3S. The summed E-state index contributed by atoms with van der Waals surface area (Å²) in [6.45, 7) is 5.44. The molecule has 0 aromatic rings. The summed E-state index contributed by atoms with van der Waals surface area (Å²) in [5.74, 6) is 1.13. The van der Waals surface area contributed by atoms with Crippen LogP contribution in [0.5, 0.6) is 0 Å². The molecular weight excluding hydrogens is 238 g/mol. The number of carbonyl (C=O) groups is 1. The van der Waals surface area contributed by atoms with Crippen molar-refractivity contribution in [2.75, 3.05) is 24.6 Å². The molecule has 4 nitrogen and oxygen atoms in total. The number of rotatable bonds is 6. The highest BCUT2D eigenvalue weighted by atomic mass is 32.2. The number of thioether (sulfide) groups is 1. The van der Waals surface area contributed by atoms with Crippen molar-refractivity contribution in [1.82, 2.24) is 4.90 Å². The van der Waals surface area contributed by atoms with Gasteiger partial charge in [-0.15, -0.1) is 0 Å². The first-order valence-electron chi connectivity index (χ1n) is 6.26. The van der Waals surface area contributed by atoms with E-state index in [1.807, 2.05) is 13.8 Å². The Hall–Kier alpha value is -0.260. The molecule has 0 aromatic heterocycles. The van der Waals surface area contributed by atoms with Gasteiger partial charge < -0.3 is 10.2 Å². The summed E-state index contributed by atoms with van der Waals surface area (Å²) >= 11 is 1.80. The Morgan fingerprint density at radius 1 is 1.47 bits per heavy atom. The van der Waals surface area contributed by atoms with Crippen LogP contribution in [0, 0.1) is 0 Å². The van der Waals surface area contributed by atoms with Crippen molar-refractivity contribution in [1.29, 1.82) is 0 Å². The van der Waals surface area contributed by atoms with E-state index in [1.54, 1.807) is 11.8 Å². The van der Waals surface area contributed by atoms with Crippen LogP contribution in [0.4, 0.5) is 0 Å². The Kier molecular flexibility index (Phi) is 5.76. The van der Waals surface area contributed by atoms with E-state index in [2.05, 4.69) is 4.90 Å². The molecule has 1 aliphatic heterocycles. The Bertz CT molecular complexity index is 256. The van der Waals surface area contributed by atoms with Gasteiger partial charge in [-0.3, -0.25) is 9.69 Å². The first-order valence-corrected chi connectivity index (χ1v) is 7.42. The Morgan fingerprint density at radius 3 is 2.65 bits per heavy atom. The zero-order chi connectivity index (χ0) is 12.9. The lowest BCUT2D eigenvalue weighted by Crippen LogP contribution is -2.51. The zero-order valence-corrected chi connectivity index (χ0v) is 11.5. The second kappa shape index (κ2) is 6.61. The summed E-state index contributed by atoms with van der Waals surface area (Å²) in [5, 5.41) is 19.2. The van der Waals surface area contributed by atoms with Crippen LogP contribution in [0.25, 0.3) is 0 Å². The number of nitrogens with zero attached hydrogens (tertiary/aromatic N) is 1. The number of aliphatic carboxylic acids is 1. The van der Waals surface area contributed by atoms with E-state index in [0.717, 1.165) is 18.1 Å². The van der Waals surface area contributed by atoms with Crippen molar-refractivity contribution >= 4 is 17.7 Å². The predicted molar refractivity (Wildman–Crippen MR) is 70.5 cm³/mol. The van der Waals surface area contributed by atoms with Gasteiger partial charge in [0.2, 0.25) is 0 Å². The van der Waals surface area contributed by atoms with E-state index in [1.165, 1.54) is 0 Å². The Morgan fingerprint density at radius 2 is 2.12 bits per heavy atom. The van der Waals surface area contributed by atoms with Gasteiger partial charge in [-0.1, -0.05) is 13.8 Å². The zero-order valence-electron chi connectivity index (χ0n) is 10.7. The summed E-state index contributed by atoms with van der Waals surface area (Å²) in [5.41, 5.74) is -0.668. The molecule has 5 heteroatoms. The molecule has 1 aliphatic rings. The van der Waals surface area contributed by atoms with Crippen molar-refractivity contribution in [3.8, 4) is 0 Å². The van der Waals surface area contributed by atoms with Crippen LogP contribution < -0.4 is 0 Å². The third-order valence-corrected chi connectivity index (χ3v) is 4.67. The van der Waals surface area contributed by atoms with Gasteiger partial charge in [-0.2, -0.15) is 11.8 Å². The maximum absolute atomic E-state index is 10.8. The van der Waals surface area contributed by atoms with E-state index < -0.39 is 11.6 Å². The molecule has 1 atom stereocenters. The topological polar surface area (TPSA) is 60.8 Å². The van der Waals surface area contributed by atoms with Gasteiger partial charge >= 0.3 is 5.97 Å². The van der Waals surface area contributed by atoms with E-state index >= 15 is 0 Å². The van der Waals surface area contributed by atoms with Gasteiger partial charge in [-0.05, 0) is 12.8 Å². The van der Waals surface area contributed by atoms with Gasteiger partial charge in [0.15, 0.2) is 0 Å². The highest BCUT2D eigenvalue weighted by Gasteiger charge is 2.32. The summed E-state index contributed by atoms with van der Waals surface area (Å²) < 4.78 is 0. The minimum Gasteiger partial charge on any atom is -0.481 e. The number of hydrogen-bond donors (Lipinski definition) is 2. The van der Waals surface area contributed by atoms with E-state index in [4.69, 9.17) is 5.11 Å². The average molecular weight is 261 g/mol. The monoisotopic (exact) mass is 261 g/mol. The fraction of sp³-hybridized carbons (Fsp3) is 0.917. The molecule has 1 heterocycles. The smallest absolute Gasteiger partial charge is 0.304 e. The van der Waals surface area contributed by atoms with Crippen LogP contribution in [0.15, 0.2) is 0 Å². The van der Waals surface area contributed by atoms with E-state index in [9.17, 15) is 9.90 Å². The van der Waals surface area contributed by atoms with Gasteiger partial charge in [0.25, 0.3) is 0 Å². The minimum atomic E-state index is -0.751. The van der Waals surface area contributed by atoms with E-state index in [-0.39, 0.29) is 12.5 Å². The molecule has 0 amide bonds. The molecule has 0 aromatic carbocycles. The molecule has 1 saturated heterocycles. The third kappa shape index (κ3) is 4.48. The summed E-state index contributed by atoms with van der Waals surface area (Å²) in [6.07, 6.45) is 1.61. The van der Waals surface area contributed by atoms with E-state index in [0.29, 0.717) is 19.4 Å². The average Bonchev–Trinajstić information content (AvgIpc) is 2.31. The number of carboxylic acid groups (broad SMARTS) is 1. The molecule has 100 valence electrons. The lowest BCUT2D eigenvalue weighted by atomic mass is 9.96. The van der Waals surface area contributed by atoms with Gasteiger partial charge in [0, 0.05) is 30.6 Å². The lowest BCUT2D eigenvalue weighted by molar-refractivity contribution is -0.138. The fourth-order valence-electron chi connectivity index (χ4n) is 2.14. The van der Waals surface area contributed by atoms with Crippen molar-refractivity contribution in [2.45, 2.75) is 44.8 Å². The Balaban J connectivity index is 2.61.